The molecule has 0 fully saturated rings. The third kappa shape index (κ3) is 7.47. The number of anilines is 1. The molecule has 0 saturated carbocycles. The molecule has 0 aromatic heterocycles. The van der Waals surface area contributed by atoms with Crippen molar-refractivity contribution in [3.8, 4) is 11.8 Å². The van der Waals surface area contributed by atoms with E-state index in [1.807, 2.05) is 6.07 Å². The third-order valence-corrected chi connectivity index (χ3v) is 4.98. The normalized spacial score (nSPS) is 12.3. The van der Waals surface area contributed by atoms with Crippen LogP contribution in [-0.2, 0) is 19.0 Å². The number of benzene rings is 2. The summed E-state index contributed by atoms with van der Waals surface area (Å²) in [6.07, 6.45) is -2.31. The molecule has 2 aromatic rings. The molecule has 2 N–H and O–H groups in total. The molecule has 0 spiro atoms. The van der Waals surface area contributed by atoms with Crippen LogP contribution in [0.1, 0.15) is 23.7 Å². The number of amides is 1. The van der Waals surface area contributed by atoms with Gasteiger partial charge >= 0.3 is 12.1 Å². The van der Waals surface area contributed by atoms with Gasteiger partial charge in [-0.1, -0.05) is 15.9 Å². The van der Waals surface area contributed by atoms with Crippen LogP contribution in [0.15, 0.2) is 46.9 Å². The van der Waals surface area contributed by atoms with E-state index in [0.29, 0.717) is 21.3 Å². The molecule has 0 bridgehead atoms. The average Bonchev–Trinajstić information content (AvgIpc) is 2.77. The highest BCUT2D eigenvalue weighted by Crippen LogP contribution is 2.34. The van der Waals surface area contributed by atoms with E-state index in [1.54, 1.807) is 36.4 Å². The van der Waals surface area contributed by atoms with E-state index in [2.05, 4.69) is 33.9 Å². The van der Waals surface area contributed by atoms with Gasteiger partial charge in [0, 0.05) is 29.3 Å². The lowest BCUT2D eigenvalue weighted by Gasteiger charge is -2.27. The Morgan fingerprint density at radius 1 is 1.26 bits per heavy atom. The van der Waals surface area contributed by atoms with Gasteiger partial charge in [-0.05, 0) is 42.5 Å². The van der Waals surface area contributed by atoms with Crippen molar-refractivity contribution in [3.63, 3.8) is 0 Å². The first-order valence-corrected chi connectivity index (χ1v) is 10.6. The summed E-state index contributed by atoms with van der Waals surface area (Å²) in [6.45, 7) is 0.0176. The molecule has 0 aliphatic heterocycles. The molecule has 0 aliphatic rings. The van der Waals surface area contributed by atoms with Crippen LogP contribution in [0.2, 0.25) is 0 Å². The van der Waals surface area contributed by atoms with E-state index in [4.69, 9.17) is 19.5 Å². The molecule has 0 saturated heterocycles. The first kappa shape index (κ1) is 24.5. The molecule has 8 nitrogen and oxygen atoms in total. The highest BCUT2D eigenvalue weighted by Gasteiger charge is 2.30. The Morgan fingerprint density at radius 2 is 1.97 bits per heavy atom. The smallest absolute Gasteiger partial charge is 0.412 e. The van der Waals surface area contributed by atoms with E-state index < -0.39 is 24.3 Å². The van der Waals surface area contributed by atoms with Gasteiger partial charge in [-0.2, -0.15) is 17.9 Å². The van der Waals surface area contributed by atoms with Crippen LogP contribution in [-0.4, -0.2) is 42.7 Å². The Morgan fingerprint density at radius 3 is 2.58 bits per heavy atom. The predicted octanol–water partition coefficient (Wildman–Crippen LogP) is 4.19. The fraction of sp³-hybridized carbons (Fsp3) is 0.286. The number of rotatable bonds is 9. The van der Waals surface area contributed by atoms with Crippen LogP contribution < -0.4 is 5.32 Å². The second-order valence-corrected chi connectivity index (χ2v) is 7.52. The van der Waals surface area contributed by atoms with Gasteiger partial charge in [-0.25, -0.2) is 4.79 Å². The van der Waals surface area contributed by atoms with Gasteiger partial charge in [-0.15, -0.1) is 0 Å². The van der Waals surface area contributed by atoms with Crippen molar-refractivity contribution < 1.29 is 28.9 Å². The second kappa shape index (κ2) is 12.2. The second-order valence-electron chi connectivity index (χ2n) is 6.28. The molecule has 0 unspecified atom stereocenters. The van der Waals surface area contributed by atoms with Gasteiger partial charge < -0.3 is 19.3 Å². The maximum absolute atomic E-state index is 12.6. The number of nitrogens with zero attached hydrogens (tertiary/aromatic N) is 1. The zero-order valence-corrected chi connectivity index (χ0v) is 19.1. The van der Waals surface area contributed by atoms with Gasteiger partial charge in [0.1, 0.15) is 11.9 Å². The molecule has 0 aliphatic carbocycles. The zero-order chi connectivity index (χ0) is 22.8. The molecule has 10 heteroatoms. The summed E-state index contributed by atoms with van der Waals surface area (Å²) < 4.78 is 16.8. The van der Waals surface area contributed by atoms with Gasteiger partial charge in [0.05, 0.1) is 24.0 Å². The fourth-order valence-electron chi connectivity index (χ4n) is 2.71. The van der Waals surface area contributed by atoms with Crippen LogP contribution in [0.4, 0.5) is 10.5 Å². The van der Waals surface area contributed by atoms with Crippen LogP contribution in [0.5, 0.6) is 5.75 Å². The van der Waals surface area contributed by atoms with Crippen molar-refractivity contribution in [1.82, 2.24) is 0 Å². The minimum absolute atomic E-state index is 0.0176. The van der Waals surface area contributed by atoms with Crippen molar-refractivity contribution in [2.24, 2.45) is 0 Å². The molecular weight excluding hydrogens is 488 g/mol. The molecule has 2 aromatic carbocycles. The number of hydrogen-bond acceptors (Lipinski definition) is 8. The number of ether oxygens (including phenoxy) is 3. The Hall–Kier alpha value is -2.74. The molecule has 2 rings (SSSR count). The quantitative estimate of drug-likeness (QED) is 0.343. The van der Waals surface area contributed by atoms with Crippen molar-refractivity contribution in [2.75, 3.05) is 24.8 Å². The predicted molar refractivity (Wildman–Crippen MR) is 120 cm³/mol. The fourth-order valence-corrected chi connectivity index (χ4v) is 3.18. The molecule has 164 valence electrons. The minimum Gasteiger partial charge on any atom is -0.508 e. The van der Waals surface area contributed by atoms with Crippen LogP contribution in [0, 0.1) is 11.3 Å². The molecule has 0 heterocycles. The van der Waals surface area contributed by atoms with Crippen molar-refractivity contribution in [2.45, 2.75) is 18.6 Å². The summed E-state index contributed by atoms with van der Waals surface area (Å²) in [7, 11) is 1.43. The van der Waals surface area contributed by atoms with Crippen molar-refractivity contribution >= 4 is 46.3 Å². The molecule has 1 amide bonds. The summed E-state index contributed by atoms with van der Waals surface area (Å²) in [5.41, 5.74) is 1.20. The van der Waals surface area contributed by atoms with Crippen LogP contribution in [0.3, 0.4) is 0 Å². The molecule has 31 heavy (non-hydrogen) atoms. The summed E-state index contributed by atoms with van der Waals surface area (Å²) in [5, 5.41) is 21.8. The number of nitrogens with one attached hydrogen (secondary N) is 1. The lowest BCUT2D eigenvalue weighted by Crippen LogP contribution is -2.29. The first-order valence-electron chi connectivity index (χ1n) is 9.13. The molecular formula is C21H21BrN2O6S. The number of halogens is 1. The summed E-state index contributed by atoms with van der Waals surface area (Å²) in [5.74, 6) is -0.634. The number of methoxy groups -OCH3 is 1. The zero-order valence-electron chi connectivity index (χ0n) is 16.6. The first-order chi connectivity index (χ1) is 14.9. The monoisotopic (exact) mass is 508 g/mol. The van der Waals surface area contributed by atoms with Crippen molar-refractivity contribution in [1.29, 1.82) is 5.26 Å². The van der Waals surface area contributed by atoms with Gasteiger partial charge in [0.25, 0.3) is 0 Å². The van der Waals surface area contributed by atoms with Crippen LogP contribution >= 0.6 is 28.6 Å². The standard InChI is InChI=1S/C21H21BrN2O6S/c1-28-18(8-9-29-19(26)12-31)20(16-10-14(22)4-7-17(16)25)30-21(27)24-15-5-2-13(11-23)3-6-15/h2-7,10,18,20,25,31H,8-9,12H2,1H3,(H,24,27)/t18-,20-/m0/s1. The van der Waals surface area contributed by atoms with E-state index in [1.165, 1.54) is 13.2 Å². The van der Waals surface area contributed by atoms with E-state index in [9.17, 15) is 14.7 Å². The number of phenolic OH excluding ortho intramolecular Hbond substituents is 1. The van der Waals surface area contributed by atoms with E-state index >= 15 is 0 Å². The summed E-state index contributed by atoms with van der Waals surface area (Å²) in [6, 6.07) is 13.0. The minimum atomic E-state index is -1.00. The van der Waals surface area contributed by atoms with Gasteiger partial charge in [0.15, 0.2) is 6.10 Å². The van der Waals surface area contributed by atoms with Gasteiger partial charge in [-0.3, -0.25) is 10.1 Å². The SMILES string of the molecule is CO[C@@H](CCOC(=O)CS)[C@@H](OC(=O)Nc1ccc(C#N)cc1)c1cc(Br)ccc1O. The van der Waals surface area contributed by atoms with E-state index in [0.717, 1.165) is 0 Å². The number of nitriles is 1. The Kier molecular flexibility index (Phi) is 9.65. The topological polar surface area (TPSA) is 118 Å². The average molecular weight is 509 g/mol. The Balaban J connectivity index is 2.21. The number of esters is 1. The van der Waals surface area contributed by atoms with Crippen LogP contribution in [0.25, 0.3) is 0 Å². The maximum atomic E-state index is 12.6. The highest BCUT2D eigenvalue weighted by atomic mass is 79.9. The Bertz CT molecular complexity index is 948. The van der Waals surface area contributed by atoms with Crippen molar-refractivity contribution in [3.05, 3.63) is 58.1 Å². The largest absolute Gasteiger partial charge is 0.508 e. The van der Waals surface area contributed by atoms with Gasteiger partial charge in [0.2, 0.25) is 0 Å². The highest BCUT2D eigenvalue weighted by molar-refractivity contribution is 9.10. The number of aromatic hydroxyl groups is 1. The number of carbonyl (C=O) groups excluding carboxylic acids is 2. The summed E-state index contributed by atoms with van der Waals surface area (Å²) in [4.78, 5) is 23.9. The van der Waals surface area contributed by atoms with E-state index in [-0.39, 0.29) is 24.5 Å². The number of thiol groups is 1. The number of hydrogen-bond donors (Lipinski definition) is 3. The Labute approximate surface area is 193 Å². The number of phenols is 1. The molecule has 0 radical (unpaired) electrons. The maximum Gasteiger partial charge on any atom is 0.412 e. The lowest BCUT2D eigenvalue weighted by atomic mass is 10.0. The number of carbonyl (C=O) groups is 2. The molecule has 2 atom stereocenters. The summed E-state index contributed by atoms with van der Waals surface area (Å²) >= 11 is 7.19. The third-order valence-electron chi connectivity index (χ3n) is 4.23. The lowest BCUT2D eigenvalue weighted by molar-refractivity contribution is -0.141.